The van der Waals surface area contributed by atoms with E-state index in [9.17, 15) is 4.79 Å². The number of hydrogen-bond acceptors (Lipinski definition) is 4. The molecule has 3 atom stereocenters. The van der Waals surface area contributed by atoms with Crippen molar-refractivity contribution < 1.29 is 4.79 Å². The van der Waals surface area contributed by atoms with Gasteiger partial charge >= 0.3 is 0 Å². The van der Waals surface area contributed by atoms with E-state index in [0.717, 1.165) is 25.7 Å². The van der Waals surface area contributed by atoms with Crippen molar-refractivity contribution in [1.29, 1.82) is 0 Å². The van der Waals surface area contributed by atoms with Gasteiger partial charge in [0.1, 0.15) is 0 Å². The molecule has 2 aliphatic heterocycles. The highest BCUT2D eigenvalue weighted by molar-refractivity contribution is 5.80. The Morgan fingerprint density at radius 3 is 2.76 bits per heavy atom. The molecule has 3 unspecified atom stereocenters. The molecule has 0 aliphatic carbocycles. The van der Waals surface area contributed by atoms with E-state index in [1.807, 2.05) is 0 Å². The number of hydrogen-bond donors (Lipinski definition) is 2. The third kappa shape index (κ3) is 2.78. The number of amides is 1. The zero-order valence-corrected chi connectivity index (χ0v) is 10.9. The minimum atomic E-state index is -0.254. The van der Waals surface area contributed by atoms with Crippen LogP contribution in [0.1, 0.15) is 19.3 Å². The summed E-state index contributed by atoms with van der Waals surface area (Å²) in [6, 6.07) is 1.18. The minimum Gasteiger partial charge on any atom is -0.368 e. The summed E-state index contributed by atoms with van der Waals surface area (Å²) in [6.45, 7) is 2.89. The lowest BCUT2D eigenvalue weighted by atomic mass is 10.1. The van der Waals surface area contributed by atoms with Crippen LogP contribution in [0.2, 0.25) is 0 Å². The number of fused-ring (bicyclic) bond motifs is 2. The monoisotopic (exact) mass is 240 g/mol. The van der Waals surface area contributed by atoms with Crippen molar-refractivity contribution in [3.63, 3.8) is 0 Å². The van der Waals surface area contributed by atoms with Gasteiger partial charge in [0.15, 0.2) is 0 Å². The molecular weight excluding hydrogens is 216 g/mol. The Bertz CT molecular complexity index is 284. The maximum Gasteiger partial charge on any atom is 0.235 e. The fraction of sp³-hybridized carbons (Fsp3) is 0.917. The normalized spacial score (nSPS) is 32.4. The van der Waals surface area contributed by atoms with Crippen molar-refractivity contribution in [2.24, 2.45) is 5.73 Å². The third-order valence-corrected chi connectivity index (χ3v) is 4.37. The van der Waals surface area contributed by atoms with E-state index in [0.29, 0.717) is 6.04 Å². The summed E-state index contributed by atoms with van der Waals surface area (Å²) in [5.74, 6) is -0.254. The number of rotatable bonds is 4. The summed E-state index contributed by atoms with van der Waals surface area (Å²) in [6.07, 6.45) is 3.83. The molecule has 0 radical (unpaired) electrons. The van der Waals surface area contributed by atoms with Crippen LogP contribution in [0.15, 0.2) is 0 Å². The van der Waals surface area contributed by atoms with Gasteiger partial charge in [0.25, 0.3) is 0 Å². The molecule has 3 N–H and O–H groups in total. The molecule has 0 aromatic rings. The molecule has 2 fully saturated rings. The average molecular weight is 240 g/mol. The Kier molecular flexibility index (Phi) is 4.01. The van der Waals surface area contributed by atoms with Crippen LogP contribution in [-0.2, 0) is 4.79 Å². The van der Waals surface area contributed by atoms with Crippen LogP contribution in [0.25, 0.3) is 0 Å². The first kappa shape index (κ1) is 12.8. The molecule has 2 saturated heterocycles. The summed E-state index contributed by atoms with van der Waals surface area (Å²) in [5.41, 5.74) is 5.37. The Labute approximate surface area is 103 Å². The molecular formula is C12H24N4O. The zero-order chi connectivity index (χ0) is 12.4. The molecule has 0 aromatic carbocycles. The quantitative estimate of drug-likeness (QED) is 0.677. The predicted molar refractivity (Wildman–Crippen MR) is 67.7 cm³/mol. The molecule has 17 heavy (non-hydrogen) atoms. The first-order valence-electron chi connectivity index (χ1n) is 6.52. The molecule has 98 valence electrons. The highest BCUT2D eigenvalue weighted by atomic mass is 16.1. The van der Waals surface area contributed by atoms with Gasteiger partial charge < -0.3 is 11.1 Å². The van der Waals surface area contributed by atoms with Crippen molar-refractivity contribution in [2.75, 3.05) is 33.7 Å². The molecule has 0 aromatic heterocycles. The zero-order valence-electron chi connectivity index (χ0n) is 10.9. The van der Waals surface area contributed by atoms with Crippen LogP contribution in [-0.4, -0.2) is 67.6 Å². The van der Waals surface area contributed by atoms with Crippen LogP contribution >= 0.6 is 0 Å². The molecule has 0 saturated carbocycles. The molecule has 5 heteroatoms. The number of likely N-dealkylation sites (tertiary alicyclic amines) is 1. The SMILES string of the molecule is CNC(CN1CCC2CCC(C1)N2C)C(N)=O. The van der Waals surface area contributed by atoms with Gasteiger partial charge in [-0.05, 0) is 39.9 Å². The first-order valence-corrected chi connectivity index (χ1v) is 6.52. The minimum absolute atomic E-state index is 0.225. The summed E-state index contributed by atoms with van der Waals surface area (Å²) < 4.78 is 0. The van der Waals surface area contributed by atoms with Gasteiger partial charge in [-0.3, -0.25) is 14.6 Å². The molecule has 0 spiro atoms. The van der Waals surface area contributed by atoms with Crippen LogP contribution < -0.4 is 11.1 Å². The molecule has 5 nitrogen and oxygen atoms in total. The Hall–Kier alpha value is -0.650. The highest BCUT2D eigenvalue weighted by Gasteiger charge is 2.35. The first-order chi connectivity index (χ1) is 8.11. The van der Waals surface area contributed by atoms with Crippen molar-refractivity contribution in [1.82, 2.24) is 15.1 Å². The van der Waals surface area contributed by atoms with Crippen LogP contribution in [0.4, 0.5) is 0 Å². The van der Waals surface area contributed by atoms with Gasteiger partial charge in [0.05, 0.1) is 6.04 Å². The number of carbonyl (C=O) groups excluding carboxylic acids is 1. The number of nitrogens with zero attached hydrogens (tertiary/aromatic N) is 2. The van der Waals surface area contributed by atoms with E-state index < -0.39 is 0 Å². The van der Waals surface area contributed by atoms with Gasteiger partial charge in [-0.2, -0.15) is 0 Å². The number of nitrogens with two attached hydrogens (primary N) is 1. The standard InChI is InChI=1S/C12H24N4O/c1-14-11(12(13)17)8-16-6-5-9-3-4-10(7-16)15(9)2/h9-11,14H,3-8H2,1-2H3,(H2,13,17). The Morgan fingerprint density at radius 2 is 2.12 bits per heavy atom. The maximum absolute atomic E-state index is 11.2. The number of likely N-dealkylation sites (N-methyl/N-ethyl adjacent to an activating group) is 2. The Morgan fingerprint density at radius 1 is 1.41 bits per heavy atom. The summed E-state index contributed by atoms with van der Waals surface area (Å²) in [7, 11) is 4.03. The average Bonchev–Trinajstić information content (AvgIpc) is 2.52. The van der Waals surface area contributed by atoms with Crippen molar-refractivity contribution in [2.45, 2.75) is 37.4 Å². The molecule has 2 heterocycles. The van der Waals surface area contributed by atoms with Crippen LogP contribution in [0, 0.1) is 0 Å². The van der Waals surface area contributed by atoms with Gasteiger partial charge in [0, 0.05) is 25.2 Å². The molecule has 2 aliphatic rings. The summed E-state index contributed by atoms with van der Waals surface area (Å²) in [4.78, 5) is 16.1. The lowest BCUT2D eigenvalue weighted by Crippen LogP contribution is -2.49. The maximum atomic E-state index is 11.2. The number of primary amides is 1. The highest BCUT2D eigenvalue weighted by Crippen LogP contribution is 2.28. The van der Waals surface area contributed by atoms with Crippen molar-refractivity contribution in [3.05, 3.63) is 0 Å². The van der Waals surface area contributed by atoms with Gasteiger partial charge in [-0.25, -0.2) is 0 Å². The van der Waals surface area contributed by atoms with Crippen molar-refractivity contribution >= 4 is 5.91 Å². The largest absolute Gasteiger partial charge is 0.368 e. The number of carbonyl (C=O) groups is 1. The second-order valence-corrected chi connectivity index (χ2v) is 5.34. The third-order valence-electron chi connectivity index (χ3n) is 4.37. The fourth-order valence-corrected chi connectivity index (χ4v) is 3.13. The lowest BCUT2D eigenvalue weighted by molar-refractivity contribution is -0.120. The van der Waals surface area contributed by atoms with Crippen molar-refractivity contribution in [3.8, 4) is 0 Å². The Balaban J connectivity index is 1.92. The predicted octanol–water partition coefficient (Wildman–Crippen LogP) is -0.772. The van der Waals surface area contributed by atoms with E-state index in [4.69, 9.17) is 5.73 Å². The van der Waals surface area contributed by atoms with E-state index in [2.05, 4.69) is 22.2 Å². The summed E-state index contributed by atoms with van der Waals surface area (Å²) >= 11 is 0. The van der Waals surface area contributed by atoms with Crippen LogP contribution in [0.3, 0.4) is 0 Å². The molecule has 2 rings (SSSR count). The molecule has 2 bridgehead atoms. The van der Waals surface area contributed by atoms with E-state index in [1.165, 1.54) is 19.3 Å². The number of nitrogens with one attached hydrogen (secondary N) is 1. The topological polar surface area (TPSA) is 61.6 Å². The van der Waals surface area contributed by atoms with E-state index in [-0.39, 0.29) is 11.9 Å². The summed E-state index contributed by atoms with van der Waals surface area (Å²) in [5, 5.41) is 2.99. The van der Waals surface area contributed by atoms with E-state index >= 15 is 0 Å². The smallest absolute Gasteiger partial charge is 0.235 e. The van der Waals surface area contributed by atoms with Gasteiger partial charge in [-0.1, -0.05) is 0 Å². The van der Waals surface area contributed by atoms with Crippen LogP contribution in [0.5, 0.6) is 0 Å². The van der Waals surface area contributed by atoms with Gasteiger partial charge in [0.2, 0.25) is 5.91 Å². The second-order valence-electron chi connectivity index (χ2n) is 5.34. The van der Waals surface area contributed by atoms with E-state index in [1.54, 1.807) is 7.05 Å². The van der Waals surface area contributed by atoms with Gasteiger partial charge in [-0.15, -0.1) is 0 Å². The fourth-order valence-electron chi connectivity index (χ4n) is 3.13. The molecule has 1 amide bonds. The lowest BCUT2D eigenvalue weighted by Gasteiger charge is -2.28. The second kappa shape index (κ2) is 5.33.